The lowest BCUT2D eigenvalue weighted by Gasteiger charge is -2.32. The van der Waals surface area contributed by atoms with Crippen molar-refractivity contribution >= 4 is 5.91 Å². The average Bonchev–Trinajstić information content (AvgIpc) is 3.05. The molecule has 0 radical (unpaired) electrons. The standard InChI is InChI=1S/C14H19N5O2/c1-17-8-11(7-15-17)14(21)19-5-3-4-10(9-19)12-6-13(20)18(2)16-12/h6-8,10,16H,3-5,9H2,1-2H3. The second-order valence-corrected chi connectivity index (χ2v) is 5.60. The number of nitrogens with one attached hydrogen (secondary N) is 1. The Hall–Kier alpha value is -2.31. The molecule has 3 heterocycles. The number of rotatable bonds is 2. The van der Waals surface area contributed by atoms with Crippen molar-refractivity contribution in [1.82, 2.24) is 24.5 Å². The van der Waals surface area contributed by atoms with Crippen LogP contribution in [0.25, 0.3) is 0 Å². The van der Waals surface area contributed by atoms with Crippen LogP contribution in [-0.2, 0) is 14.1 Å². The summed E-state index contributed by atoms with van der Waals surface area (Å²) in [5, 5.41) is 7.11. The van der Waals surface area contributed by atoms with Gasteiger partial charge < -0.3 is 4.90 Å². The lowest BCUT2D eigenvalue weighted by Crippen LogP contribution is -2.39. The molecule has 0 bridgehead atoms. The van der Waals surface area contributed by atoms with Crippen molar-refractivity contribution in [3.63, 3.8) is 0 Å². The van der Waals surface area contributed by atoms with Crippen LogP contribution in [0.4, 0.5) is 0 Å². The van der Waals surface area contributed by atoms with E-state index in [1.54, 1.807) is 37.2 Å². The summed E-state index contributed by atoms with van der Waals surface area (Å²) in [6, 6.07) is 1.63. The molecule has 2 aromatic heterocycles. The van der Waals surface area contributed by atoms with E-state index in [4.69, 9.17) is 0 Å². The molecular weight excluding hydrogens is 270 g/mol. The molecule has 21 heavy (non-hydrogen) atoms. The zero-order valence-corrected chi connectivity index (χ0v) is 12.2. The fourth-order valence-electron chi connectivity index (χ4n) is 2.85. The molecule has 3 rings (SSSR count). The van der Waals surface area contributed by atoms with Crippen LogP contribution in [0.15, 0.2) is 23.3 Å². The van der Waals surface area contributed by atoms with Crippen molar-refractivity contribution in [3.8, 4) is 0 Å². The van der Waals surface area contributed by atoms with Crippen molar-refractivity contribution < 1.29 is 4.79 Å². The Morgan fingerprint density at radius 3 is 2.86 bits per heavy atom. The summed E-state index contributed by atoms with van der Waals surface area (Å²) in [6.07, 6.45) is 5.25. The van der Waals surface area contributed by atoms with E-state index in [9.17, 15) is 9.59 Å². The first-order valence-electron chi connectivity index (χ1n) is 7.08. The second kappa shape index (κ2) is 5.23. The monoisotopic (exact) mass is 289 g/mol. The van der Waals surface area contributed by atoms with Gasteiger partial charge in [-0.3, -0.25) is 24.1 Å². The number of likely N-dealkylation sites (tertiary alicyclic amines) is 1. The molecule has 1 unspecified atom stereocenters. The first-order valence-corrected chi connectivity index (χ1v) is 7.08. The number of hydrogen-bond acceptors (Lipinski definition) is 3. The Labute approximate surface area is 122 Å². The van der Waals surface area contributed by atoms with E-state index in [1.165, 1.54) is 4.68 Å². The molecule has 1 atom stereocenters. The van der Waals surface area contributed by atoms with Gasteiger partial charge in [-0.15, -0.1) is 0 Å². The van der Waals surface area contributed by atoms with Crippen LogP contribution in [0.2, 0.25) is 0 Å². The third-order valence-corrected chi connectivity index (χ3v) is 4.01. The van der Waals surface area contributed by atoms with Crippen molar-refractivity contribution in [2.75, 3.05) is 13.1 Å². The average molecular weight is 289 g/mol. The predicted molar refractivity (Wildman–Crippen MR) is 77.1 cm³/mol. The van der Waals surface area contributed by atoms with Crippen molar-refractivity contribution in [3.05, 3.63) is 40.1 Å². The molecule has 7 heteroatoms. The SMILES string of the molecule is Cn1cc(C(=O)N2CCCC(c3cc(=O)n(C)[nH]3)C2)cn1. The van der Waals surface area contributed by atoms with Gasteiger partial charge >= 0.3 is 0 Å². The number of nitrogens with zero attached hydrogens (tertiary/aromatic N) is 4. The van der Waals surface area contributed by atoms with Gasteiger partial charge in [0, 0.05) is 51.1 Å². The molecule has 0 spiro atoms. The van der Waals surface area contributed by atoms with Gasteiger partial charge in [-0.25, -0.2) is 0 Å². The highest BCUT2D eigenvalue weighted by Crippen LogP contribution is 2.25. The zero-order valence-electron chi connectivity index (χ0n) is 12.2. The van der Waals surface area contributed by atoms with Crippen LogP contribution in [0.5, 0.6) is 0 Å². The van der Waals surface area contributed by atoms with Crippen LogP contribution in [0.1, 0.15) is 34.8 Å². The maximum atomic E-state index is 12.5. The van der Waals surface area contributed by atoms with Crippen molar-refractivity contribution in [1.29, 1.82) is 0 Å². The van der Waals surface area contributed by atoms with Gasteiger partial charge in [0.15, 0.2) is 0 Å². The van der Waals surface area contributed by atoms with Crippen LogP contribution >= 0.6 is 0 Å². The van der Waals surface area contributed by atoms with Crippen LogP contribution < -0.4 is 5.56 Å². The normalized spacial score (nSPS) is 19.0. The van der Waals surface area contributed by atoms with Gasteiger partial charge in [-0.05, 0) is 12.8 Å². The van der Waals surface area contributed by atoms with Gasteiger partial charge in [0.05, 0.1) is 11.8 Å². The Kier molecular flexibility index (Phi) is 3.40. The van der Waals surface area contributed by atoms with E-state index in [2.05, 4.69) is 10.2 Å². The first-order chi connectivity index (χ1) is 10.0. The maximum absolute atomic E-state index is 12.5. The van der Waals surface area contributed by atoms with Gasteiger partial charge in [0.1, 0.15) is 0 Å². The fourth-order valence-corrected chi connectivity index (χ4v) is 2.85. The van der Waals surface area contributed by atoms with Crippen LogP contribution in [0, 0.1) is 0 Å². The van der Waals surface area contributed by atoms with E-state index in [0.717, 1.165) is 25.1 Å². The number of hydrogen-bond donors (Lipinski definition) is 1. The van der Waals surface area contributed by atoms with E-state index in [1.807, 2.05) is 4.90 Å². The highest BCUT2D eigenvalue weighted by atomic mass is 16.2. The molecule has 0 aliphatic carbocycles. The number of piperidine rings is 1. The Balaban J connectivity index is 1.76. The first kappa shape index (κ1) is 13.7. The highest BCUT2D eigenvalue weighted by Gasteiger charge is 2.27. The summed E-state index contributed by atoms with van der Waals surface area (Å²) in [5.74, 6) is 0.194. The summed E-state index contributed by atoms with van der Waals surface area (Å²) in [6.45, 7) is 1.38. The number of carbonyl (C=O) groups is 1. The van der Waals surface area contributed by atoms with E-state index < -0.39 is 0 Å². The van der Waals surface area contributed by atoms with Crippen molar-refractivity contribution in [2.24, 2.45) is 14.1 Å². The molecule has 0 saturated carbocycles. The summed E-state index contributed by atoms with van der Waals surface area (Å²) in [5.41, 5.74) is 1.48. The summed E-state index contributed by atoms with van der Waals surface area (Å²) in [4.78, 5) is 25.9. The Bertz CT molecular complexity index is 711. The van der Waals surface area contributed by atoms with Crippen molar-refractivity contribution in [2.45, 2.75) is 18.8 Å². The van der Waals surface area contributed by atoms with Gasteiger partial charge in [0.2, 0.25) is 0 Å². The zero-order chi connectivity index (χ0) is 15.0. The van der Waals surface area contributed by atoms with E-state index >= 15 is 0 Å². The lowest BCUT2D eigenvalue weighted by atomic mass is 9.94. The number of carbonyl (C=O) groups excluding carboxylic acids is 1. The molecule has 1 aliphatic rings. The number of aryl methyl sites for hydroxylation is 2. The fraction of sp³-hybridized carbons (Fsp3) is 0.500. The van der Waals surface area contributed by atoms with E-state index in [0.29, 0.717) is 12.1 Å². The number of aromatic amines is 1. The van der Waals surface area contributed by atoms with Gasteiger partial charge in [-0.1, -0.05) is 0 Å². The molecule has 1 saturated heterocycles. The molecule has 1 N–H and O–H groups in total. The highest BCUT2D eigenvalue weighted by molar-refractivity contribution is 5.93. The lowest BCUT2D eigenvalue weighted by molar-refractivity contribution is 0.0705. The molecule has 1 amide bonds. The Morgan fingerprint density at radius 2 is 2.24 bits per heavy atom. The number of H-pyrrole nitrogens is 1. The summed E-state index contributed by atoms with van der Waals surface area (Å²) < 4.78 is 3.10. The molecule has 2 aromatic rings. The van der Waals surface area contributed by atoms with Gasteiger partial charge in [-0.2, -0.15) is 5.10 Å². The third-order valence-electron chi connectivity index (χ3n) is 4.01. The van der Waals surface area contributed by atoms with Crippen LogP contribution in [0.3, 0.4) is 0 Å². The number of amides is 1. The molecule has 1 fully saturated rings. The van der Waals surface area contributed by atoms with Crippen LogP contribution in [-0.4, -0.2) is 43.5 Å². The topological polar surface area (TPSA) is 75.9 Å². The minimum atomic E-state index is -0.0410. The van der Waals surface area contributed by atoms with Gasteiger partial charge in [0.25, 0.3) is 11.5 Å². The minimum Gasteiger partial charge on any atom is -0.338 e. The third kappa shape index (κ3) is 2.63. The summed E-state index contributed by atoms with van der Waals surface area (Å²) in [7, 11) is 3.50. The Morgan fingerprint density at radius 1 is 1.43 bits per heavy atom. The second-order valence-electron chi connectivity index (χ2n) is 5.60. The number of aromatic nitrogens is 4. The molecule has 0 aromatic carbocycles. The van der Waals surface area contributed by atoms with E-state index in [-0.39, 0.29) is 17.4 Å². The smallest absolute Gasteiger partial charge is 0.266 e. The molecule has 112 valence electrons. The molecule has 7 nitrogen and oxygen atoms in total. The largest absolute Gasteiger partial charge is 0.338 e. The summed E-state index contributed by atoms with van der Waals surface area (Å²) >= 11 is 0. The minimum absolute atomic E-state index is 0.00563. The maximum Gasteiger partial charge on any atom is 0.266 e. The predicted octanol–water partition coefficient (Wildman–Crippen LogP) is 0.467. The molecule has 1 aliphatic heterocycles. The quantitative estimate of drug-likeness (QED) is 0.873. The molecular formula is C14H19N5O2.